The summed E-state index contributed by atoms with van der Waals surface area (Å²) in [6, 6.07) is 0. The lowest BCUT2D eigenvalue weighted by molar-refractivity contribution is -0.910. The zero-order valence-corrected chi connectivity index (χ0v) is 15.2. The fourth-order valence-electron chi connectivity index (χ4n) is 2.62. The van der Waals surface area contributed by atoms with Gasteiger partial charge in [0.2, 0.25) is 0 Å². The first kappa shape index (κ1) is 18.7. The van der Waals surface area contributed by atoms with Crippen LogP contribution in [-0.2, 0) is 0 Å². The Bertz CT molecular complexity index is 158. The summed E-state index contributed by atoms with van der Waals surface area (Å²) in [7, 11) is 2.49. The maximum absolute atomic E-state index is 2.52. The molecule has 0 aromatic heterocycles. The highest BCUT2D eigenvalue weighted by molar-refractivity contribution is 14.1. The lowest BCUT2D eigenvalue weighted by atomic mass is 10.1. The van der Waals surface area contributed by atoms with Crippen molar-refractivity contribution in [3.63, 3.8) is 0 Å². The number of rotatable bonds is 13. The molecule has 2 heteroatoms. The summed E-state index contributed by atoms with van der Waals surface area (Å²) in [6.45, 7) is 8.80. The van der Waals surface area contributed by atoms with Crippen LogP contribution in [0.25, 0.3) is 0 Å². The van der Waals surface area contributed by atoms with Gasteiger partial charge in [0.05, 0.1) is 26.7 Å². The molecule has 0 amide bonds. The van der Waals surface area contributed by atoms with Crippen LogP contribution in [0.5, 0.6) is 0 Å². The van der Waals surface area contributed by atoms with Gasteiger partial charge in [0.25, 0.3) is 0 Å². The molecule has 0 saturated heterocycles. The zero-order valence-electron chi connectivity index (χ0n) is 13.0. The van der Waals surface area contributed by atoms with Gasteiger partial charge in [-0.2, -0.15) is 0 Å². The topological polar surface area (TPSA) is 0 Å². The first-order chi connectivity index (χ1) is 8.68. The van der Waals surface area contributed by atoms with Crippen LogP contribution >= 0.6 is 22.6 Å². The minimum Gasteiger partial charge on any atom is -0.326 e. The van der Waals surface area contributed by atoms with Gasteiger partial charge in [0.1, 0.15) is 0 Å². The summed E-state index contributed by atoms with van der Waals surface area (Å²) in [5, 5.41) is 0. The second-order valence-corrected chi connectivity index (χ2v) is 7.03. The Labute approximate surface area is 129 Å². The third-order valence-corrected chi connectivity index (χ3v) is 4.70. The molecule has 0 saturated carbocycles. The van der Waals surface area contributed by atoms with Gasteiger partial charge in [-0.05, 0) is 25.7 Å². The molecule has 0 spiro atoms. The second-order valence-electron chi connectivity index (χ2n) is 5.95. The molecule has 0 N–H and O–H groups in total. The van der Waals surface area contributed by atoms with Crippen molar-refractivity contribution in [3.05, 3.63) is 0 Å². The van der Waals surface area contributed by atoms with E-state index in [0.717, 1.165) is 0 Å². The maximum atomic E-state index is 2.52. The monoisotopic (exact) mass is 368 g/mol. The van der Waals surface area contributed by atoms with E-state index in [1.807, 2.05) is 0 Å². The summed E-state index contributed by atoms with van der Waals surface area (Å²) < 4.78 is 2.64. The minimum atomic E-state index is 1.32. The summed E-state index contributed by atoms with van der Waals surface area (Å²) in [4.78, 5) is 0. The van der Waals surface area contributed by atoms with Gasteiger partial charge in [0, 0.05) is 10.8 Å². The van der Waals surface area contributed by atoms with Crippen molar-refractivity contribution >= 4 is 22.6 Å². The van der Waals surface area contributed by atoms with E-state index < -0.39 is 0 Å². The number of unbranched alkanes of at least 4 members (excludes halogenated alkanes) is 6. The molecule has 0 aliphatic heterocycles. The van der Waals surface area contributed by atoms with Gasteiger partial charge in [-0.25, -0.2) is 0 Å². The van der Waals surface area contributed by atoms with Crippen molar-refractivity contribution < 1.29 is 4.48 Å². The van der Waals surface area contributed by atoms with Crippen LogP contribution < -0.4 is 0 Å². The predicted octanol–water partition coefficient (Wildman–Crippen LogP) is 5.42. The van der Waals surface area contributed by atoms with Gasteiger partial charge >= 0.3 is 0 Å². The highest BCUT2D eigenvalue weighted by Crippen LogP contribution is 2.13. The second kappa shape index (κ2) is 12.7. The van der Waals surface area contributed by atoms with E-state index in [9.17, 15) is 0 Å². The van der Waals surface area contributed by atoms with Crippen molar-refractivity contribution in [3.8, 4) is 0 Å². The Morgan fingerprint density at radius 1 is 0.667 bits per heavy atom. The number of halogens is 1. The molecule has 0 atom stereocenters. The van der Waals surface area contributed by atoms with E-state index in [-0.39, 0.29) is 0 Å². The molecule has 1 nitrogen and oxygen atoms in total. The van der Waals surface area contributed by atoms with E-state index in [4.69, 9.17) is 0 Å². The lowest BCUT2D eigenvalue weighted by Gasteiger charge is -2.35. The predicted molar refractivity (Wildman–Crippen MR) is 92.6 cm³/mol. The number of hydrogen-bond donors (Lipinski definition) is 0. The summed E-state index contributed by atoms with van der Waals surface area (Å²) in [5.41, 5.74) is 0. The molecule has 110 valence electrons. The molecule has 0 aromatic rings. The Morgan fingerprint density at radius 3 is 1.50 bits per heavy atom. The minimum absolute atomic E-state index is 1.32. The van der Waals surface area contributed by atoms with Crippen LogP contribution in [0.3, 0.4) is 0 Å². The average Bonchev–Trinajstić information content (AvgIpc) is 2.38. The Kier molecular flexibility index (Phi) is 13.2. The van der Waals surface area contributed by atoms with Gasteiger partial charge in [-0.3, -0.25) is 0 Å². The molecular formula is C16H35IN+. The Hall–Kier alpha value is 0.690. The molecule has 0 rings (SSSR count). The third kappa shape index (κ3) is 10.6. The highest BCUT2D eigenvalue weighted by Gasteiger charge is 2.19. The van der Waals surface area contributed by atoms with Gasteiger partial charge < -0.3 is 4.48 Å². The number of hydrogen-bond acceptors (Lipinski definition) is 0. The molecule has 0 radical (unpaired) electrons. The van der Waals surface area contributed by atoms with E-state index >= 15 is 0 Å². The number of alkyl halides is 1. The normalized spacial score (nSPS) is 12.0. The SMILES string of the molecule is CCCCCC[N+](C)(CCCI)CCCCCC. The summed E-state index contributed by atoms with van der Waals surface area (Å²) in [5.74, 6) is 0. The van der Waals surface area contributed by atoms with Crippen LogP contribution in [-0.4, -0.2) is 35.6 Å². The first-order valence-corrected chi connectivity index (χ1v) is 9.60. The quantitative estimate of drug-likeness (QED) is 0.176. The van der Waals surface area contributed by atoms with E-state index in [2.05, 4.69) is 43.5 Å². The molecule has 18 heavy (non-hydrogen) atoms. The summed E-state index contributed by atoms with van der Waals surface area (Å²) in [6.07, 6.45) is 12.7. The smallest absolute Gasteiger partial charge is 0.0791 e. The van der Waals surface area contributed by atoms with Crippen LogP contribution in [0.4, 0.5) is 0 Å². The van der Waals surface area contributed by atoms with E-state index in [0.29, 0.717) is 0 Å². The van der Waals surface area contributed by atoms with Crippen LogP contribution in [0, 0.1) is 0 Å². The standard InChI is InChI=1S/C16H35IN/c1-4-6-8-10-14-18(3,16-12-13-17)15-11-9-7-5-2/h4-16H2,1-3H3/q+1. The first-order valence-electron chi connectivity index (χ1n) is 8.08. The van der Waals surface area contributed by atoms with Gasteiger partial charge in [-0.15, -0.1) is 0 Å². The van der Waals surface area contributed by atoms with E-state index in [1.54, 1.807) is 0 Å². The fraction of sp³-hybridized carbons (Fsp3) is 1.00. The third-order valence-electron chi connectivity index (χ3n) is 3.93. The zero-order chi connectivity index (χ0) is 13.7. The van der Waals surface area contributed by atoms with Crippen LogP contribution in [0.15, 0.2) is 0 Å². The van der Waals surface area contributed by atoms with Crippen molar-refractivity contribution in [1.82, 2.24) is 0 Å². The highest BCUT2D eigenvalue weighted by atomic mass is 127. The molecule has 0 heterocycles. The summed E-state index contributed by atoms with van der Waals surface area (Å²) >= 11 is 2.52. The largest absolute Gasteiger partial charge is 0.326 e. The fourth-order valence-corrected chi connectivity index (χ4v) is 2.96. The van der Waals surface area contributed by atoms with Gasteiger partial charge in [-0.1, -0.05) is 62.1 Å². The number of quaternary nitrogens is 1. The van der Waals surface area contributed by atoms with Crippen molar-refractivity contribution in [1.29, 1.82) is 0 Å². The molecule has 0 aromatic carbocycles. The Balaban J connectivity index is 3.90. The van der Waals surface area contributed by atoms with Gasteiger partial charge in [0.15, 0.2) is 0 Å². The maximum Gasteiger partial charge on any atom is 0.0791 e. The van der Waals surface area contributed by atoms with Crippen molar-refractivity contribution in [2.24, 2.45) is 0 Å². The molecule has 0 fully saturated rings. The molecule has 0 unspecified atom stereocenters. The van der Waals surface area contributed by atoms with Crippen LogP contribution in [0.1, 0.15) is 71.6 Å². The lowest BCUT2D eigenvalue weighted by Crippen LogP contribution is -2.46. The molecule has 0 aliphatic rings. The van der Waals surface area contributed by atoms with Crippen molar-refractivity contribution in [2.45, 2.75) is 71.6 Å². The Morgan fingerprint density at radius 2 is 1.11 bits per heavy atom. The van der Waals surface area contributed by atoms with E-state index in [1.165, 1.54) is 86.3 Å². The van der Waals surface area contributed by atoms with Crippen LogP contribution in [0.2, 0.25) is 0 Å². The number of nitrogens with zero attached hydrogens (tertiary/aromatic N) is 1. The average molecular weight is 368 g/mol. The molecule has 0 aliphatic carbocycles. The van der Waals surface area contributed by atoms with Crippen molar-refractivity contribution in [2.75, 3.05) is 31.1 Å². The molecule has 0 bridgehead atoms. The molecular weight excluding hydrogens is 333 g/mol.